The lowest BCUT2D eigenvalue weighted by atomic mass is 9.80. The molecule has 1 fully saturated rings. The molecule has 0 aliphatic carbocycles. The summed E-state index contributed by atoms with van der Waals surface area (Å²) in [5.74, 6) is 0.535. The third kappa shape index (κ3) is 4.95. The first-order chi connectivity index (χ1) is 20.9. The monoisotopic (exact) mass is 588 g/mol. The average Bonchev–Trinajstić information content (AvgIpc) is 3.54. The molecule has 0 bridgehead atoms. The van der Waals surface area contributed by atoms with Crippen LogP contribution in [-0.4, -0.2) is 58.8 Å². The van der Waals surface area contributed by atoms with Gasteiger partial charge in [0, 0.05) is 6.20 Å². The largest absolute Gasteiger partial charge is 0.497 e. The van der Waals surface area contributed by atoms with Crippen LogP contribution in [0.4, 0.5) is 14.6 Å². The smallest absolute Gasteiger partial charge is 0.164 e. The summed E-state index contributed by atoms with van der Waals surface area (Å²) in [6.45, 7) is -0.263. The minimum Gasteiger partial charge on any atom is -0.497 e. The summed E-state index contributed by atoms with van der Waals surface area (Å²) in [7, 11) is 3.17. The Morgan fingerprint density at radius 3 is 2.07 bits per heavy atom. The van der Waals surface area contributed by atoms with E-state index in [9.17, 15) is 9.50 Å². The van der Waals surface area contributed by atoms with Gasteiger partial charge in [-0.1, -0.05) is 54.6 Å². The highest BCUT2D eigenvalue weighted by molar-refractivity contribution is 5.86. The number of aliphatic hydroxyl groups is 1. The Morgan fingerprint density at radius 2 is 1.49 bits per heavy atom. The zero-order chi connectivity index (χ0) is 30.1. The first-order valence-corrected chi connectivity index (χ1v) is 13.6. The number of hydrogen-bond donors (Lipinski definition) is 2. The fourth-order valence-corrected chi connectivity index (χ4v) is 5.61. The van der Waals surface area contributed by atoms with Crippen LogP contribution in [0, 0.1) is 5.82 Å². The van der Waals surface area contributed by atoms with E-state index < -0.39 is 36.0 Å². The molecule has 222 valence electrons. The Bertz CT molecular complexity index is 1650. The van der Waals surface area contributed by atoms with Crippen LogP contribution in [-0.2, 0) is 15.1 Å². The van der Waals surface area contributed by atoms with E-state index in [-0.39, 0.29) is 23.5 Å². The number of aromatic nitrogens is 3. The van der Waals surface area contributed by atoms with E-state index in [4.69, 9.17) is 24.7 Å². The third-order valence-electron chi connectivity index (χ3n) is 7.79. The summed E-state index contributed by atoms with van der Waals surface area (Å²) in [6.07, 6.45) is -3.74. The summed E-state index contributed by atoms with van der Waals surface area (Å²) >= 11 is 0. The highest BCUT2D eigenvalue weighted by Crippen LogP contribution is 2.43. The molecule has 11 heteroatoms. The Morgan fingerprint density at radius 1 is 0.907 bits per heavy atom. The lowest BCUT2D eigenvalue weighted by Gasteiger charge is -2.37. The molecule has 3 N–H and O–H groups in total. The van der Waals surface area contributed by atoms with Gasteiger partial charge in [0.1, 0.15) is 41.5 Å². The first kappa shape index (κ1) is 28.5. The number of anilines is 1. The van der Waals surface area contributed by atoms with Crippen LogP contribution >= 0.6 is 0 Å². The Labute approximate surface area is 246 Å². The number of nitrogen functional groups attached to an aromatic ring is 1. The van der Waals surface area contributed by atoms with E-state index >= 15 is 4.39 Å². The van der Waals surface area contributed by atoms with Crippen molar-refractivity contribution >= 4 is 16.9 Å². The summed E-state index contributed by atoms with van der Waals surface area (Å²) < 4.78 is 55.3. The van der Waals surface area contributed by atoms with Gasteiger partial charge in [-0.25, -0.2) is 18.7 Å². The van der Waals surface area contributed by atoms with Gasteiger partial charge >= 0.3 is 0 Å². The van der Waals surface area contributed by atoms with Gasteiger partial charge in [0.05, 0.1) is 26.2 Å². The second-order valence-electron chi connectivity index (χ2n) is 10.2. The number of hydrogen-bond acceptors (Lipinski definition) is 8. The number of rotatable bonds is 9. The molecule has 1 saturated heterocycles. The van der Waals surface area contributed by atoms with Crippen molar-refractivity contribution < 1.29 is 32.8 Å². The van der Waals surface area contributed by atoms with Crippen LogP contribution < -0.4 is 15.2 Å². The first-order valence-electron chi connectivity index (χ1n) is 13.6. The number of nitrogens with zero attached hydrogens (tertiary/aromatic N) is 3. The van der Waals surface area contributed by atoms with E-state index in [2.05, 4.69) is 9.97 Å². The maximum atomic E-state index is 15.7. The van der Waals surface area contributed by atoms with Crippen LogP contribution in [0.15, 0.2) is 91.4 Å². The van der Waals surface area contributed by atoms with Gasteiger partial charge in [-0.05, 0) is 41.0 Å². The molecule has 1 aliphatic heterocycles. The van der Waals surface area contributed by atoms with Gasteiger partial charge in [0.25, 0.3) is 0 Å². The van der Waals surface area contributed by atoms with E-state index in [1.54, 1.807) is 14.2 Å². The number of benzene rings is 3. The van der Waals surface area contributed by atoms with Crippen molar-refractivity contribution in [3.8, 4) is 11.5 Å². The van der Waals surface area contributed by atoms with Crippen molar-refractivity contribution in [2.75, 3.05) is 26.6 Å². The molecule has 0 amide bonds. The van der Waals surface area contributed by atoms with Gasteiger partial charge in [0.15, 0.2) is 23.9 Å². The fraction of sp³-hybridized carbons (Fsp3) is 0.250. The highest BCUT2D eigenvalue weighted by atomic mass is 19.1. The van der Waals surface area contributed by atoms with Crippen LogP contribution in [0.3, 0.4) is 0 Å². The van der Waals surface area contributed by atoms with Crippen LogP contribution in [0.5, 0.6) is 11.5 Å². The van der Waals surface area contributed by atoms with Crippen molar-refractivity contribution in [1.82, 2.24) is 14.5 Å². The maximum absolute atomic E-state index is 15.7. The number of nitrogens with two attached hydrogens (primary N) is 1. The van der Waals surface area contributed by atoms with Gasteiger partial charge in [0.2, 0.25) is 0 Å². The molecule has 1 unspecified atom stereocenters. The second kappa shape index (κ2) is 11.6. The standard InChI is InChI=1S/C32H30F2N4O5/c1-40-22-12-8-20(9-13-22)32(19-6-4-3-5-7-19,21-10-14-23(41-2)15-11-21)42-17-25-27(34)28(39)31(43-25)38-16-24(33)26-29(35)36-18-37-30(26)38/h3-16,18,25,27-28,31,39H,17H2,1-2H3,(H2,35,36,37)/t25-,27?,28-,31-/m1/s1. The summed E-state index contributed by atoms with van der Waals surface area (Å²) in [5.41, 5.74) is 6.98. The molecule has 9 nitrogen and oxygen atoms in total. The molecular weight excluding hydrogens is 558 g/mol. The van der Waals surface area contributed by atoms with Crippen molar-refractivity contribution in [1.29, 1.82) is 0 Å². The number of fused-ring (bicyclic) bond motifs is 1. The molecule has 3 heterocycles. The van der Waals surface area contributed by atoms with Crippen molar-refractivity contribution in [2.45, 2.75) is 30.2 Å². The zero-order valence-corrected chi connectivity index (χ0v) is 23.4. The number of halogens is 2. The molecule has 0 radical (unpaired) electrons. The molecule has 43 heavy (non-hydrogen) atoms. The van der Waals surface area contributed by atoms with Crippen molar-refractivity contribution in [2.24, 2.45) is 0 Å². The molecule has 0 saturated carbocycles. The topological polar surface area (TPSA) is 114 Å². The quantitative estimate of drug-likeness (QED) is 0.237. The van der Waals surface area contributed by atoms with Crippen molar-refractivity contribution in [3.63, 3.8) is 0 Å². The normalized spacial score (nSPS) is 20.4. The molecule has 3 aromatic carbocycles. The van der Waals surface area contributed by atoms with Crippen molar-refractivity contribution in [3.05, 3.63) is 114 Å². The second-order valence-corrected chi connectivity index (χ2v) is 10.2. The molecule has 6 rings (SSSR count). The number of ether oxygens (including phenoxy) is 4. The predicted molar refractivity (Wildman–Crippen MR) is 155 cm³/mol. The van der Waals surface area contributed by atoms with E-state index in [0.29, 0.717) is 11.5 Å². The average molecular weight is 589 g/mol. The molecule has 5 aromatic rings. The number of aliphatic hydroxyl groups excluding tert-OH is 1. The van der Waals surface area contributed by atoms with Gasteiger partial charge < -0.3 is 34.4 Å². The molecular formula is C32H30F2N4O5. The van der Waals surface area contributed by atoms with E-state index in [1.165, 1.54) is 10.9 Å². The Kier molecular flexibility index (Phi) is 7.70. The third-order valence-corrected chi connectivity index (χ3v) is 7.79. The molecule has 1 aliphatic rings. The maximum Gasteiger partial charge on any atom is 0.164 e. The number of alkyl halides is 1. The minimum atomic E-state index is -1.86. The summed E-state index contributed by atoms with van der Waals surface area (Å²) in [5, 5.41) is 10.9. The number of methoxy groups -OCH3 is 2. The summed E-state index contributed by atoms with van der Waals surface area (Å²) in [4.78, 5) is 7.91. The fourth-order valence-electron chi connectivity index (χ4n) is 5.61. The minimum absolute atomic E-state index is 0.0319. The lowest BCUT2D eigenvalue weighted by molar-refractivity contribution is -0.0893. The summed E-state index contributed by atoms with van der Waals surface area (Å²) in [6, 6.07) is 24.4. The Hall–Kier alpha value is -4.58. The zero-order valence-electron chi connectivity index (χ0n) is 23.4. The highest BCUT2D eigenvalue weighted by Gasteiger charge is 2.48. The van der Waals surface area contributed by atoms with Crippen LogP contribution in [0.1, 0.15) is 22.9 Å². The van der Waals surface area contributed by atoms with Gasteiger partial charge in [-0.15, -0.1) is 0 Å². The Balaban J connectivity index is 1.39. The van der Waals surface area contributed by atoms with Gasteiger partial charge in [-0.2, -0.15) is 0 Å². The molecule has 4 atom stereocenters. The van der Waals surface area contributed by atoms with E-state index in [0.717, 1.165) is 22.9 Å². The predicted octanol–water partition coefficient (Wildman–Crippen LogP) is 4.77. The van der Waals surface area contributed by atoms with Crippen LogP contribution in [0.25, 0.3) is 11.0 Å². The lowest BCUT2D eigenvalue weighted by Crippen LogP contribution is -2.38. The van der Waals surface area contributed by atoms with Gasteiger partial charge in [-0.3, -0.25) is 0 Å². The molecule has 2 aromatic heterocycles. The molecule has 0 spiro atoms. The van der Waals surface area contributed by atoms with Crippen LogP contribution in [0.2, 0.25) is 0 Å². The SMILES string of the molecule is COc1ccc(C(OC[C@H]2O[C@@H](n3cc(F)c4c(N)ncnc43)[C@H](O)C2F)(c2ccccc2)c2ccc(OC)cc2)cc1. The van der Waals surface area contributed by atoms with E-state index in [1.807, 2.05) is 78.9 Å².